The van der Waals surface area contributed by atoms with Gasteiger partial charge in [0.1, 0.15) is 0 Å². The molecule has 1 aliphatic heterocycles. The van der Waals surface area contributed by atoms with E-state index in [9.17, 15) is 9.90 Å². The van der Waals surface area contributed by atoms with Crippen molar-refractivity contribution in [1.29, 1.82) is 0 Å². The molecule has 1 heterocycles. The fraction of sp³-hybridized carbons (Fsp3) is 0.588. The molecule has 0 radical (unpaired) electrons. The molecule has 4 heteroatoms. The fourth-order valence-electron chi connectivity index (χ4n) is 2.92. The number of aliphatic hydroxyl groups is 1. The maximum absolute atomic E-state index is 12.1. The monoisotopic (exact) mass is 288 g/mol. The van der Waals surface area contributed by atoms with E-state index in [-0.39, 0.29) is 12.0 Å². The summed E-state index contributed by atoms with van der Waals surface area (Å²) in [6.07, 6.45) is 5.64. The second-order valence-electron chi connectivity index (χ2n) is 6.27. The van der Waals surface area contributed by atoms with Crippen molar-refractivity contribution in [3.8, 4) is 0 Å². The highest BCUT2D eigenvalue weighted by molar-refractivity contribution is 5.94. The molecule has 21 heavy (non-hydrogen) atoms. The first-order valence-electron chi connectivity index (χ1n) is 8.04. The Hall–Kier alpha value is -1.55. The number of hydrogen-bond donors (Lipinski definition) is 2. The second-order valence-corrected chi connectivity index (χ2v) is 6.27. The quantitative estimate of drug-likeness (QED) is 0.876. The highest BCUT2D eigenvalue weighted by atomic mass is 16.3. The third-order valence-corrected chi connectivity index (χ3v) is 4.46. The molecule has 1 aromatic rings. The lowest BCUT2D eigenvalue weighted by molar-refractivity contribution is -0.116. The molecule has 1 saturated heterocycles. The Morgan fingerprint density at radius 3 is 2.62 bits per heavy atom. The predicted octanol–water partition coefficient (Wildman–Crippen LogP) is 2.78. The predicted molar refractivity (Wildman–Crippen MR) is 84.5 cm³/mol. The van der Waals surface area contributed by atoms with Gasteiger partial charge in [-0.2, -0.15) is 0 Å². The van der Waals surface area contributed by atoms with Crippen molar-refractivity contribution in [2.75, 3.05) is 23.3 Å². The molecule has 3 rings (SSSR count). The maximum Gasteiger partial charge on any atom is 0.224 e. The summed E-state index contributed by atoms with van der Waals surface area (Å²) in [6, 6.07) is 7.97. The Kier molecular flexibility index (Phi) is 4.44. The number of piperidine rings is 1. The molecule has 1 saturated carbocycles. The molecule has 114 valence electrons. The summed E-state index contributed by atoms with van der Waals surface area (Å²) < 4.78 is 0. The highest BCUT2D eigenvalue weighted by Crippen LogP contribution is 2.34. The first-order chi connectivity index (χ1) is 10.2. The summed E-state index contributed by atoms with van der Waals surface area (Å²) in [5.41, 5.74) is 1.97. The zero-order valence-electron chi connectivity index (χ0n) is 12.4. The Bertz CT molecular complexity index is 491. The Morgan fingerprint density at radius 2 is 1.90 bits per heavy atom. The standard InChI is InChI=1S/C17H24N2O2/c20-14-9-11-19(12-10-14)16-4-2-1-3-15(16)18-17(21)8-7-13-5-6-13/h1-4,13-14,20H,5-12H2,(H,18,21). The zero-order chi connectivity index (χ0) is 14.7. The van der Waals surface area contributed by atoms with Crippen LogP contribution in [0.3, 0.4) is 0 Å². The lowest BCUT2D eigenvalue weighted by Gasteiger charge is -2.32. The van der Waals surface area contributed by atoms with E-state index in [1.54, 1.807) is 0 Å². The Labute approximate surface area is 126 Å². The van der Waals surface area contributed by atoms with Crippen molar-refractivity contribution in [2.45, 2.75) is 44.6 Å². The van der Waals surface area contributed by atoms with E-state index in [1.807, 2.05) is 24.3 Å². The first kappa shape index (κ1) is 14.4. The number of nitrogens with one attached hydrogen (secondary N) is 1. The number of aliphatic hydroxyl groups excluding tert-OH is 1. The minimum atomic E-state index is -0.179. The minimum absolute atomic E-state index is 0.117. The Morgan fingerprint density at radius 1 is 1.19 bits per heavy atom. The van der Waals surface area contributed by atoms with Gasteiger partial charge in [0, 0.05) is 19.5 Å². The van der Waals surface area contributed by atoms with Gasteiger partial charge in [-0.3, -0.25) is 4.79 Å². The summed E-state index contributed by atoms with van der Waals surface area (Å²) in [4.78, 5) is 14.3. The number of para-hydroxylation sites is 2. The number of carbonyl (C=O) groups excluding carboxylic acids is 1. The van der Waals surface area contributed by atoms with E-state index in [0.717, 1.165) is 49.6 Å². The van der Waals surface area contributed by atoms with Crippen LogP contribution in [-0.2, 0) is 4.79 Å². The molecule has 2 aliphatic rings. The van der Waals surface area contributed by atoms with Crippen LogP contribution in [0.2, 0.25) is 0 Å². The number of anilines is 2. The second kappa shape index (κ2) is 6.48. The van der Waals surface area contributed by atoms with Crippen molar-refractivity contribution < 1.29 is 9.90 Å². The number of carbonyl (C=O) groups is 1. The van der Waals surface area contributed by atoms with Crippen LogP contribution in [0.25, 0.3) is 0 Å². The van der Waals surface area contributed by atoms with Gasteiger partial charge in [-0.05, 0) is 37.3 Å². The molecule has 2 fully saturated rings. The van der Waals surface area contributed by atoms with E-state index in [2.05, 4.69) is 10.2 Å². The van der Waals surface area contributed by atoms with E-state index in [4.69, 9.17) is 0 Å². The number of hydrogen-bond acceptors (Lipinski definition) is 3. The van der Waals surface area contributed by atoms with Gasteiger partial charge in [0.2, 0.25) is 5.91 Å². The molecule has 2 N–H and O–H groups in total. The molecule has 0 aromatic heterocycles. The highest BCUT2D eigenvalue weighted by Gasteiger charge is 2.23. The van der Waals surface area contributed by atoms with Crippen LogP contribution in [0.15, 0.2) is 24.3 Å². The summed E-state index contributed by atoms with van der Waals surface area (Å²) in [6.45, 7) is 1.69. The van der Waals surface area contributed by atoms with E-state index in [0.29, 0.717) is 6.42 Å². The van der Waals surface area contributed by atoms with Gasteiger partial charge in [-0.1, -0.05) is 25.0 Å². The van der Waals surface area contributed by atoms with Gasteiger partial charge < -0.3 is 15.3 Å². The molecule has 1 aromatic carbocycles. The van der Waals surface area contributed by atoms with Gasteiger partial charge in [0.15, 0.2) is 0 Å². The molecule has 0 atom stereocenters. The van der Waals surface area contributed by atoms with E-state index < -0.39 is 0 Å². The van der Waals surface area contributed by atoms with Gasteiger partial charge in [-0.15, -0.1) is 0 Å². The third-order valence-electron chi connectivity index (χ3n) is 4.46. The van der Waals surface area contributed by atoms with Crippen LogP contribution in [0.4, 0.5) is 11.4 Å². The van der Waals surface area contributed by atoms with Crippen LogP contribution in [-0.4, -0.2) is 30.2 Å². The maximum atomic E-state index is 12.1. The van der Waals surface area contributed by atoms with Crippen LogP contribution in [0.1, 0.15) is 38.5 Å². The molecular formula is C17H24N2O2. The lowest BCUT2D eigenvalue weighted by atomic mass is 10.1. The van der Waals surface area contributed by atoms with E-state index in [1.165, 1.54) is 12.8 Å². The van der Waals surface area contributed by atoms with Crippen molar-refractivity contribution in [2.24, 2.45) is 5.92 Å². The first-order valence-corrected chi connectivity index (χ1v) is 8.04. The van der Waals surface area contributed by atoms with Crippen molar-refractivity contribution in [1.82, 2.24) is 0 Å². The number of nitrogens with zero attached hydrogens (tertiary/aromatic N) is 1. The van der Waals surface area contributed by atoms with Crippen molar-refractivity contribution >= 4 is 17.3 Å². The lowest BCUT2D eigenvalue weighted by Crippen LogP contribution is -2.36. The summed E-state index contributed by atoms with van der Waals surface area (Å²) >= 11 is 0. The molecule has 0 unspecified atom stereocenters. The molecule has 1 aliphatic carbocycles. The van der Waals surface area contributed by atoms with Gasteiger partial charge in [0.05, 0.1) is 17.5 Å². The molecule has 4 nitrogen and oxygen atoms in total. The van der Waals surface area contributed by atoms with Crippen LogP contribution >= 0.6 is 0 Å². The van der Waals surface area contributed by atoms with Crippen molar-refractivity contribution in [3.05, 3.63) is 24.3 Å². The topological polar surface area (TPSA) is 52.6 Å². The summed E-state index contributed by atoms with van der Waals surface area (Å²) in [5.74, 6) is 0.904. The third kappa shape index (κ3) is 3.97. The van der Waals surface area contributed by atoms with Gasteiger partial charge in [-0.25, -0.2) is 0 Å². The summed E-state index contributed by atoms with van der Waals surface area (Å²) in [7, 11) is 0. The number of amides is 1. The van der Waals surface area contributed by atoms with Crippen molar-refractivity contribution in [3.63, 3.8) is 0 Å². The largest absolute Gasteiger partial charge is 0.393 e. The summed E-state index contributed by atoms with van der Waals surface area (Å²) in [5, 5.41) is 12.7. The number of rotatable bonds is 5. The zero-order valence-corrected chi connectivity index (χ0v) is 12.4. The van der Waals surface area contributed by atoms with Crippen LogP contribution < -0.4 is 10.2 Å². The average molecular weight is 288 g/mol. The number of benzene rings is 1. The normalized spacial score (nSPS) is 19.6. The average Bonchev–Trinajstić information content (AvgIpc) is 3.31. The minimum Gasteiger partial charge on any atom is -0.393 e. The van der Waals surface area contributed by atoms with Gasteiger partial charge >= 0.3 is 0 Å². The SMILES string of the molecule is O=C(CCC1CC1)Nc1ccccc1N1CCC(O)CC1. The molecule has 1 amide bonds. The molecule has 0 bridgehead atoms. The Balaban J connectivity index is 1.62. The van der Waals surface area contributed by atoms with Crippen LogP contribution in [0.5, 0.6) is 0 Å². The van der Waals surface area contributed by atoms with E-state index >= 15 is 0 Å². The molecular weight excluding hydrogens is 264 g/mol. The smallest absolute Gasteiger partial charge is 0.224 e. The van der Waals surface area contributed by atoms with Gasteiger partial charge in [0.25, 0.3) is 0 Å². The fourth-order valence-corrected chi connectivity index (χ4v) is 2.92. The van der Waals surface area contributed by atoms with Crippen LogP contribution in [0, 0.1) is 5.92 Å². The molecule has 0 spiro atoms.